The summed E-state index contributed by atoms with van der Waals surface area (Å²) < 4.78 is 21.4. The van der Waals surface area contributed by atoms with Gasteiger partial charge in [-0.3, -0.25) is 0 Å². The average Bonchev–Trinajstić information content (AvgIpc) is 4.17. The molecule has 4 heterocycles. The summed E-state index contributed by atoms with van der Waals surface area (Å²) in [6.07, 6.45) is 1.85. The number of aromatic nitrogens is 4. The molecule has 74 heavy (non-hydrogen) atoms. The Bertz CT molecular complexity index is 4360. The molecule has 0 radical (unpaired) electrons. The van der Waals surface area contributed by atoms with E-state index in [0.717, 1.165) is 98.7 Å². The molecule has 0 N–H and O–H groups in total. The maximum atomic E-state index is 6.85. The molecular formula is C67H40N4O2Pt-2. The van der Waals surface area contributed by atoms with E-state index < -0.39 is 5.41 Å². The van der Waals surface area contributed by atoms with Gasteiger partial charge in [0.05, 0.1) is 5.41 Å². The molecule has 7 heteroatoms. The fraction of sp³-hybridized carbons (Fsp3) is 0.0149. The first-order chi connectivity index (χ1) is 36.6. The molecule has 0 saturated heterocycles. The van der Waals surface area contributed by atoms with E-state index in [1.807, 2.05) is 36.5 Å². The van der Waals surface area contributed by atoms with E-state index in [9.17, 15) is 0 Å². The van der Waals surface area contributed by atoms with Crippen molar-refractivity contribution in [3.05, 3.63) is 281 Å². The molecule has 0 bridgehead atoms. The number of hydrogen-bond acceptors (Lipinski definition) is 3. The Labute approximate surface area is 437 Å². The van der Waals surface area contributed by atoms with Crippen molar-refractivity contribution >= 4 is 32.8 Å². The number of fused-ring (bicyclic) bond motifs is 13. The monoisotopic (exact) mass is 1130 g/mol. The van der Waals surface area contributed by atoms with Crippen LogP contribution in [0.2, 0.25) is 0 Å². The van der Waals surface area contributed by atoms with Crippen molar-refractivity contribution in [1.29, 1.82) is 0 Å². The summed E-state index contributed by atoms with van der Waals surface area (Å²) in [5.41, 5.74) is 17.0. The van der Waals surface area contributed by atoms with Gasteiger partial charge in [-0.2, -0.15) is 0 Å². The van der Waals surface area contributed by atoms with Gasteiger partial charge in [0.15, 0.2) is 0 Å². The summed E-state index contributed by atoms with van der Waals surface area (Å²) in [6.45, 7) is 0. The number of ether oxygens (including phenoxy) is 2. The SMILES string of the molecule is [Pt]=[c]1n(-c2[c-]c(Oc3[c-]c4c(cc3)c3cc5c(cc3n4-c3ccccn3)C3(c4ccccc4Oc4ccccc43)c3ccccc3-5)ccc2)c2ccccc2n1-c1c(-c2ccccc2)cccc1-c1ccccc1. The number of nitrogens with zero attached hydrogens (tertiary/aromatic N) is 4. The van der Waals surface area contributed by atoms with Crippen molar-refractivity contribution < 1.29 is 28.8 Å². The Morgan fingerprint density at radius 3 is 1.73 bits per heavy atom. The molecule has 0 atom stereocenters. The van der Waals surface area contributed by atoms with E-state index in [-0.39, 0.29) is 0 Å². The van der Waals surface area contributed by atoms with Crippen molar-refractivity contribution in [2.75, 3.05) is 0 Å². The molecule has 1 aliphatic heterocycles. The van der Waals surface area contributed by atoms with Crippen LogP contribution < -0.4 is 9.47 Å². The summed E-state index contributed by atoms with van der Waals surface area (Å²) >= 11 is 2.48. The summed E-state index contributed by atoms with van der Waals surface area (Å²) in [5.74, 6) is 3.65. The first-order valence-corrected chi connectivity index (χ1v) is 25.8. The predicted octanol–water partition coefficient (Wildman–Crippen LogP) is 16.2. The molecule has 13 aromatic rings. The first-order valence-electron chi connectivity index (χ1n) is 24.7. The van der Waals surface area contributed by atoms with E-state index in [1.54, 1.807) is 0 Å². The van der Waals surface area contributed by atoms with Crippen molar-refractivity contribution in [1.82, 2.24) is 18.7 Å². The van der Waals surface area contributed by atoms with Gasteiger partial charge in [-0.15, -0.1) is 0 Å². The molecule has 15 rings (SSSR count). The molecule has 10 aromatic carbocycles. The molecule has 352 valence electrons. The van der Waals surface area contributed by atoms with Crippen LogP contribution in [0.1, 0.15) is 22.3 Å². The summed E-state index contributed by atoms with van der Waals surface area (Å²) in [5, 5.41) is 2.15. The van der Waals surface area contributed by atoms with Crippen LogP contribution in [0.15, 0.2) is 243 Å². The first kappa shape index (κ1) is 42.6. The van der Waals surface area contributed by atoms with Gasteiger partial charge < -0.3 is 4.74 Å². The third kappa shape index (κ3) is 6.28. The van der Waals surface area contributed by atoms with Gasteiger partial charge in [0, 0.05) is 17.3 Å². The van der Waals surface area contributed by atoms with E-state index >= 15 is 0 Å². The van der Waals surface area contributed by atoms with Gasteiger partial charge in [0.2, 0.25) is 0 Å². The van der Waals surface area contributed by atoms with Crippen LogP contribution >= 0.6 is 0 Å². The van der Waals surface area contributed by atoms with Crippen molar-refractivity contribution in [3.8, 4) is 73.6 Å². The molecular weight excluding hydrogens is 1090 g/mol. The standard InChI is InChI=1S/C67H40N4O2.Pt/c1-3-19-44(20-4-1)49-26-18-27-50(45-21-5-2-6-22-45)66(49)70-43-69(59-31-11-12-32-60(59)70)46-23-17-24-47(39-46)72-48-36-37-52-54-41-53-51-25-7-8-28-55(51)67(56-29-9-13-33-63(56)73-64-34-14-10-30-57(64)67)58(53)42-62(54)71(61(52)40-48)65-35-15-16-38-68-65;/h1-38,41-42H;/q-2;. The second kappa shape index (κ2) is 16.7. The quantitative estimate of drug-likeness (QED) is 0.149. The third-order valence-corrected chi connectivity index (χ3v) is 15.9. The molecule has 0 saturated carbocycles. The van der Waals surface area contributed by atoms with Crippen LogP contribution in [0.25, 0.3) is 83.4 Å². The zero-order chi connectivity index (χ0) is 48.9. The van der Waals surface area contributed by atoms with Gasteiger partial charge in [0.25, 0.3) is 0 Å². The van der Waals surface area contributed by atoms with Crippen molar-refractivity contribution in [2.45, 2.75) is 5.41 Å². The number of rotatable bonds is 7. The van der Waals surface area contributed by atoms with Gasteiger partial charge in [0.1, 0.15) is 11.5 Å². The normalized spacial score (nSPS) is 12.9. The van der Waals surface area contributed by atoms with Crippen molar-refractivity contribution in [3.63, 3.8) is 0 Å². The second-order valence-corrected chi connectivity index (χ2v) is 19.8. The molecule has 1 aliphatic carbocycles. The van der Waals surface area contributed by atoms with Crippen LogP contribution in [0.4, 0.5) is 0 Å². The van der Waals surface area contributed by atoms with Gasteiger partial charge >= 0.3 is 294 Å². The third-order valence-electron chi connectivity index (χ3n) is 14.8. The molecule has 0 amide bonds. The molecule has 6 nitrogen and oxygen atoms in total. The molecule has 2 aliphatic rings. The van der Waals surface area contributed by atoms with Crippen LogP contribution in [0.3, 0.4) is 0 Å². The minimum atomic E-state index is -0.618. The van der Waals surface area contributed by atoms with Crippen LogP contribution in [0.5, 0.6) is 23.0 Å². The van der Waals surface area contributed by atoms with Crippen molar-refractivity contribution in [2.24, 2.45) is 0 Å². The topological polar surface area (TPSA) is 46.1 Å². The molecule has 3 aromatic heterocycles. The van der Waals surface area contributed by atoms with Gasteiger partial charge in [-0.25, -0.2) is 0 Å². The summed E-state index contributed by atoms with van der Waals surface area (Å²) in [6, 6.07) is 90.9. The average molecular weight is 1130 g/mol. The summed E-state index contributed by atoms with van der Waals surface area (Å²) in [4.78, 5) is 4.96. The van der Waals surface area contributed by atoms with Crippen LogP contribution in [-0.4, -0.2) is 18.7 Å². The molecule has 0 fully saturated rings. The Morgan fingerprint density at radius 1 is 0.432 bits per heavy atom. The molecule has 0 unspecified atom stereocenters. The summed E-state index contributed by atoms with van der Waals surface area (Å²) in [7, 11) is 0. The van der Waals surface area contributed by atoms with Gasteiger partial charge in [-0.05, 0) is 40.5 Å². The van der Waals surface area contributed by atoms with E-state index in [0.29, 0.717) is 11.5 Å². The van der Waals surface area contributed by atoms with Gasteiger partial charge in [-0.1, -0.05) is 66.7 Å². The second-order valence-electron chi connectivity index (χ2n) is 18.8. The fourth-order valence-electron chi connectivity index (χ4n) is 11.8. The number of imidazole rings is 1. The maximum absolute atomic E-state index is 6.85. The van der Waals surface area contributed by atoms with Crippen LogP contribution in [0, 0.1) is 15.9 Å². The zero-order valence-electron chi connectivity index (χ0n) is 39.5. The number of benzene rings is 10. The van der Waals surface area contributed by atoms with Crippen LogP contribution in [-0.2, 0) is 24.8 Å². The Kier molecular flexibility index (Phi) is 9.63. The van der Waals surface area contributed by atoms with E-state index in [4.69, 9.17) is 14.5 Å². The number of para-hydroxylation sites is 5. The minimum absolute atomic E-state index is 0.569. The fourth-order valence-corrected chi connectivity index (χ4v) is 12.9. The Balaban J connectivity index is 0.889. The predicted molar refractivity (Wildman–Crippen MR) is 290 cm³/mol. The van der Waals surface area contributed by atoms with E-state index in [2.05, 4.69) is 251 Å². The Hall–Kier alpha value is -9.09. The molecule has 1 spiro atoms. The number of pyridine rings is 1. The Morgan fingerprint density at radius 2 is 1.03 bits per heavy atom. The van der Waals surface area contributed by atoms with E-state index in [1.165, 1.54) is 22.3 Å². The number of hydrogen-bond donors (Lipinski definition) is 0. The zero-order valence-corrected chi connectivity index (χ0v) is 41.8.